The number of aromatic amines is 1. The first-order valence-corrected chi connectivity index (χ1v) is 10.6. The molecule has 0 bridgehead atoms. The maximum Gasteiger partial charge on any atom is 0.216 e. The van der Waals surface area contributed by atoms with Gasteiger partial charge in [0.25, 0.3) is 0 Å². The predicted molar refractivity (Wildman–Crippen MR) is 115 cm³/mol. The number of benzene rings is 1. The highest BCUT2D eigenvalue weighted by atomic mass is 35.5. The van der Waals surface area contributed by atoms with E-state index in [0.717, 1.165) is 24.2 Å². The van der Waals surface area contributed by atoms with Gasteiger partial charge < -0.3 is 9.47 Å². The van der Waals surface area contributed by atoms with Gasteiger partial charge >= 0.3 is 0 Å². The van der Waals surface area contributed by atoms with Crippen molar-refractivity contribution in [1.29, 1.82) is 0 Å². The summed E-state index contributed by atoms with van der Waals surface area (Å²) in [5.74, 6) is 2.45. The molecule has 0 saturated heterocycles. The molecule has 152 valence electrons. The van der Waals surface area contributed by atoms with Crippen LogP contribution in [-0.2, 0) is 0 Å². The Balaban J connectivity index is 1.90. The summed E-state index contributed by atoms with van der Waals surface area (Å²) in [6.45, 7) is 6.35. The molecule has 0 amide bonds. The molecule has 2 aromatic rings. The minimum atomic E-state index is -0.00136. The topological polar surface area (TPSA) is 64.4 Å². The van der Waals surface area contributed by atoms with Crippen LogP contribution in [0.5, 0.6) is 11.5 Å². The van der Waals surface area contributed by atoms with Crippen LogP contribution in [-0.4, -0.2) is 33.8 Å². The molecule has 1 saturated carbocycles. The molecule has 0 radical (unpaired) electrons. The fraction of sp³-hybridized carbons (Fsp3) is 0.550. The highest BCUT2D eigenvalue weighted by molar-refractivity contribution is 7.71. The Kier molecular flexibility index (Phi) is 7.13. The van der Waals surface area contributed by atoms with E-state index in [1.807, 2.05) is 32.9 Å². The number of rotatable bonds is 7. The Hall–Kier alpha value is -1.86. The zero-order chi connectivity index (χ0) is 20.1. The standard InChI is InChI=1S/C20H27ClN4O2S/c1-4-26-17-11-14(10-16(21)18(17)27-13(2)3)12-22-25-19(23-24-20(25)28)15-8-6-5-7-9-15/h10-13,15H,4-9H2,1-3H3,(H,24,28)/b22-12-. The SMILES string of the molecule is CCOc1cc(/C=N\n2c(C3CCCCC3)n[nH]c2=S)cc(Cl)c1OC(C)C. The molecule has 8 heteroatoms. The third kappa shape index (κ3) is 4.94. The van der Waals surface area contributed by atoms with Gasteiger partial charge in [0.15, 0.2) is 17.3 Å². The van der Waals surface area contributed by atoms with E-state index in [2.05, 4.69) is 15.3 Å². The summed E-state index contributed by atoms with van der Waals surface area (Å²) in [5.41, 5.74) is 0.808. The third-order valence-corrected chi connectivity index (χ3v) is 5.20. The monoisotopic (exact) mass is 422 g/mol. The Morgan fingerprint density at radius 2 is 2.11 bits per heavy atom. The molecule has 28 heavy (non-hydrogen) atoms. The number of ether oxygens (including phenoxy) is 2. The van der Waals surface area contributed by atoms with Gasteiger partial charge in [-0.25, -0.2) is 0 Å². The molecule has 1 aliphatic rings. The first-order valence-electron chi connectivity index (χ1n) is 9.84. The fourth-order valence-corrected chi connectivity index (χ4v) is 3.89. The van der Waals surface area contributed by atoms with Gasteiger partial charge in [-0.3, -0.25) is 5.10 Å². The number of nitrogens with zero attached hydrogens (tertiary/aromatic N) is 3. The lowest BCUT2D eigenvalue weighted by atomic mass is 9.89. The largest absolute Gasteiger partial charge is 0.490 e. The highest BCUT2D eigenvalue weighted by Gasteiger charge is 2.21. The molecule has 1 aliphatic carbocycles. The van der Waals surface area contributed by atoms with Crippen molar-refractivity contribution in [1.82, 2.24) is 14.9 Å². The zero-order valence-electron chi connectivity index (χ0n) is 16.6. The number of hydrogen-bond donors (Lipinski definition) is 1. The Morgan fingerprint density at radius 3 is 2.79 bits per heavy atom. The quantitative estimate of drug-likeness (QED) is 0.458. The van der Waals surface area contributed by atoms with E-state index in [-0.39, 0.29) is 6.10 Å². The number of halogens is 1. The van der Waals surface area contributed by atoms with E-state index < -0.39 is 0 Å². The highest BCUT2D eigenvalue weighted by Crippen LogP contribution is 2.37. The van der Waals surface area contributed by atoms with Crippen LogP contribution in [0.1, 0.15) is 70.2 Å². The molecule has 6 nitrogen and oxygen atoms in total. The molecular weight excluding hydrogens is 396 g/mol. The van der Waals surface area contributed by atoms with Crippen LogP contribution in [0, 0.1) is 4.77 Å². The minimum absolute atomic E-state index is 0.00136. The van der Waals surface area contributed by atoms with Crippen molar-refractivity contribution < 1.29 is 9.47 Å². The molecule has 0 spiro atoms. The molecule has 0 unspecified atom stereocenters. The van der Waals surface area contributed by atoms with E-state index >= 15 is 0 Å². The van der Waals surface area contributed by atoms with Gasteiger partial charge in [-0.05, 0) is 63.5 Å². The van der Waals surface area contributed by atoms with Crippen LogP contribution in [0.15, 0.2) is 17.2 Å². The van der Waals surface area contributed by atoms with E-state index in [1.54, 1.807) is 10.9 Å². The van der Waals surface area contributed by atoms with Crippen LogP contribution in [0.3, 0.4) is 0 Å². The summed E-state index contributed by atoms with van der Waals surface area (Å²) in [7, 11) is 0. The molecule has 0 aliphatic heterocycles. The maximum absolute atomic E-state index is 6.45. The van der Waals surface area contributed by atoms with Crippen molar-refractivity contribution in [3.05, 3.63) is 33.3 Å². The molecule has 1 aromatic carbocycles. The zero-order valence-corrected chi connectivity index (χ0v) is 18.1. The molecule has 1 fully saturated rings. The predicted octanol–water partition coefficient (Wildman–Crippen LogP) is 5.71. The summed E-state index contributed by atoms with van der Waals surface area (Å²) < 4.78 is 13.7. The van der Waals surface area contributed by atoms with Gasteiger partial charge in [0.1, 0.15) is 0 Å². The van der Waals surface area contributed by atoms with Crippen LogP contribution in [0.4, 0.5) is 0 Å². The van der Waals surface area contributed by atoms with Crippen molar-refractivity contribution in [2.24, 2.45) is 5.10 Å². The lowest BCUT2D eigenvalue weighted by molar-refractivity contribution is 0.224. The Labute approximate surface area is 175 Å². The summed E-state index contributed by atoms with van der Waals surface area (Å²) in [4.78, 5) is 0. The van der Waals surface area contributed by atoms with Crippen molar-refractivity contribution in [2.75, 3.05) is 6.61 Å². The second-order valence-corrected chi connectivity index (χ2v) is 8.00. The van der Waals surface area contributed by atoms with Crippen LogP contribution >= 0.6 is 23.8 Å². The molecule has 1 N–H and O–H groups in total. The van der Waals surface area contributed by atoms with Gasteiger partial charge in [-0.15, -0.1) is 0 Å². The number of nitrogens with one attached hydrogen (secondary N) is 1. The fourth-order valence-electron chi connectivity index (χ4n) is 3.44. The van der Waals surface area contributed by atoms with Crippen LogP contribution < -0.4 is 9.47 Å². The lowest BCUT2D eigenvalue weighted by Crippen LogP contribution is -2.10. The maximum atomic E-state index is 6.45. The third-order valence-electron chi connectivity index (χ3n) is 4.65. The van der Waals surface area contributed by atoms with Gasteiger partial charge in [0, 0.05) is 5.92 Å². The molecule has 1 heterocycles. The number of hydrogen-bond acceptors (Lipinski definition) is 5. The summed E-state index contributed by atoms with van der Waals surface area (Å²) in [6.07, 6.45) is 7.70. The molecule has 3 rings (SSSR count). The van der Waals surface area contributed by atoms with E-state index in [0.29, 0.717) is 33.8 Å². The average Bonchev–Trinajstić information content (AvgIpc) is 3.04. The van der Waals surface area contributed by atoms with E-state index in [9.17, 15) is 0 Å². The van der Waals surface area contributed by atoms with Crippen LogP contribution in [0.2, 0.25) is 5.02 Å². The first kappa shape index (κ1) is 20.9. The lowest BCUT2D eigenvalue weighted by Gasteiger charge is -2.20. The Morgan fingerprint density at radius 1 is 1.36 bits per heavy atom. The second kappa shape index (κ2) is 9.56. The van der Waals surface area contributed by atoms with E-state index in [4.69, 9.17) is 33.3 Å². The van der Waals surface area contributed by atoms with E-state index in [1.165, 1.54) is 19.3 Å². The van der Waals surface area contributed by atoms with Gasteiger partial charge in [-0.1, -0.05) is 30.9 Å². The Bertz CT molecular complexity index is 885. The number of aromatic nitrogens is 3. The number of H-pyrrole nitrogens is 1. The molecular formula is C20H27ClN4O2S. The second-order valence-electron chi connectivity index (χ2n) is 7.21. The van der Waals surface area contributed by atoms with Gasteiger partial charge in [0.2, 0.25) is 4.77 Å². The van der Waals surface area contributed by atoms with Crippen molar-refractivity contribution in [3.8, 4) is 11.5 Å². The normalized spacial score (nSPS) is 15.5. The average molecular weight is 423 g/mol. The van der Waals surface area contributed by atoms with Crippen molar-refractivity contribution >= 4 is 30.0 Å². The van der Waals surface area contributed by atoms with Crippen molar-refractivity contribution in [3.63, 3.8) is 0 Å². The van der Waals surface area contributed by atoms with Crippen molar-refractivity contribution in [2.45, 2.75) is 64.9 Å². The first-order chi connectivity index (χ1) is 13.5. The molecule has 0 atom stereocenters. The summed E-state index contributed by atoms with van der Waals surface area (Å²) >= 11 is 11.8. The van der Waals surface area contributed by atoms with Gasteiger partial charge in [0.05, 0.1) is 23.9 Å². The smallest absolute Gasteiger partial charge is 0.216 e. The summed E-state index contributed by atoms with van der Waals surface area (Å²) in [5, 5.41) is 12.4. The van der Waals surface area contributed by atoms with Crippen LogP contribution in [0.25, 0.3) is 0 Å². The van der Waals surface area contributed by atoms with Gasteiger partial charge in [-0.2, -0.15) is 14.9 Å². The molecule has 1 aromatic heterocycles. The summed E-state index contributed by atoms with van der Waals surface area (Å²) in [6, 6.07) is 3.69. The minimum Gasteiger partial charge on any atom is -0.490 e.